The van der Waals surface area contributed by atoms with Gasteiger partial charge < -0.3 is 10.1 Å². The van der Waals surface area contributed by atoms with E-state index in [1.807, 2.05) is 12.1 Å². The SMILES string of the molecule is CCCCOc1ccc(C(=O)NC(=S)NC23CC4CC(CC(C4)C2)C3)cc1. The van der Waals surface area contributed by atoms with Crippen LogP contribution in [0.15, 0.2) is 24.3 Å². The topological polar surface area (TPSA) is 50.4 Å². The highest BCUT2D eigenvalue weighted by Crippen LogP contribution is 2.55. The molecular weight excluding hydrogens is 356 g/mol. The Morgan fingerprint density at radius 2 is 1.70 bits per heavy atom. The number of rotatable bonds is 6. The summed E-state index contributed by atoms with van der Waals surface area (Å²) in [6.07, 6.45) is 9.95. The molecule has 4 nitrogen and oxygen atoms in total. The predicted octanol–water partition coefficient (Wildman–Crippen LogP) is 4.44. The molecule has 4 fully saturated rings. The maximum Gasteiger partial charge on any atom is 0.257 e. The number of nitrogens with one attached hydrogen (secondary N) is 2. The Labute approximate surface area is 167 Å². The van der Waals surface area contributed by atoms with E-state index in [1.165, 1.54) is 38.5 Å². The summed E-state index contributed by atoms with van der Waals surface area (Å²) in [5.41, 5.74) is 0.725. The van der Waals surface area contributed by atoms with E-state index in [2.05, 4.69) is 17.6 Å². The number of thiocarbonyl (C=S) groups is 1. The zero-order chi connectivity index (χ0) is 18.9. The van der Waals surface area contributed by atoms with E-state index >= 15 is 0 Å². The van der Waals surface area contributed by atoms with Gasteiger partial charge >= 0.3 is 0 Å². The molecule has 5 rings (SSSR count). The number of amides is 1. The van der Waals surface area contributed by atoms with Crippen molar-refractivity contribution in [2.45, 2.75) is 63.8 Å². The van der Waals surface area contributed by atoms with Crippen LogP contribution in [0.2, 0.25) is 0 Å². The normalized spacial score (nSPS) is 30.8. The van der Waals surface area contributed by atoms with Crippen LogP contribution in [0.3, 0.4) is 0 Å². The van der Waals surface area contributed by atoms with Crippen molar-refractivity contribution in [2.24, 2.45) is 17.8 Å². The maximum absolute atomic E-state index is 12.5. The summed E-state index contributed by atoms with van der Waals surface area (Å²) in [7, 11) is 0. The van der Waals surface area contributed by atoms with E-state index in [0.717, 1.165) is 36.3 Å². The third-order valence-electron chi connectivity index (χ3n) is 6.53. The van der Waals surface area contributed by atoms with Gasteiger partial charge in [0.1, 0.15) is 5.75 Å². The second-order valence-electron chi connectivity index (χ2n) is 8.83. The van der Waals surface area contributed by atoms with E-state index in [0.29, 0.717) is 17.3 Å². The van der Waals surface area contributed by atoms with Crippen molar-refractivity contribution in [1.82, 2.24) is 10.6 Å². The molecule has 0 spiro atoms. The summed E-state index contributed by atoms with van der Waals surface area (Å²) in [5.74, 6) is 3.19. The zero-order valence-corrected chi connectivity index (χ0v) is 16.9. The minimum Gasteiger partial charge on any atom is -0.494 e. The standard InChI is InChI=1S/C22H30N2O2S/c1-2-3-8-26-19-6-4-18(5-7-19)20(25)23-21(27)24-22-12-15-9-16(13-22)11-17(10-15)14-22/h4-7,15-17H,2-3,8-14H2,1H3,(H2,23,24,25,27). The Morgan fingerprint density at radius 3 is 2.26 bits per heavy atom. The van der Waals surface area contributed by atoms with Crippen molar-refractivity contribution >= 4 is 23.2 Å². The van der Waals surface area contributed by atoms with Gasteiger partial charge in [-0.25, -0.2) is 0 Å². The molecule has 0 radical (unpaired) electrons. The fraction of sp³-hybridized carbons (Fsp3) is 0.636. The number of carbonyl (C=O) groups is 1. The second-order valence-corrected chi connectivity index (χ2v) is 9.24. The lowest BCUT2D eigenvalue weighted by Gasteiger charge is -2.57. The van der Waals surface area contributed by atoms with Gasteiger partial charge in [-0.2, -0.15) is 0 Å². The number of carbonyl (C=O) groups excluding carboxylic acids is 1. The lowest BCUT2D eigenvalue weighted by atomic mass is 9.53. The molecule has 27 heavy (non-hydrogen) atoms. The van der Waals surface area contributed by atoms with Crippen LogP contribution in [-0.2, 0) is 0 Å². The molecule has 5 heteroatoms. The van der Waals surface area contributed by atoms with E-state index in [9.17, 15) is 4.79 Å². The number of hydrogen-bond acceptors (Lipinski definition) is 3. The first kappa shape index (κ1) is 18.7. The van der Waals surface area contributed by atoms with Gasteiger partial charge in [-0.15, -0.1) is 0 Å². The highest BCUT2D eigenvalue weighted by molar-refractivity contribution is 7.80. The maximum atomic E-state index is 12.5. The molecular formula is C22H30N2O2S. The van der Waals surface area contributed by atoms with Crippen LogP contribution in [0, 0.1) is 17.8 Å². The molecule has 0 atom stereocenters. The van der Waals surface area contributed by atoms with Gasteiger partial charge in [0.05, 0.1) is 6.61 Å². The fourth-order valence-electron chi connectivity index (χ4n) is 5.75. The molecule has 1 aromatic carbocycles. The molecule has 1 amide bonds. The Bertz CT molecular complexity index is 665. The number of benzene rings is 1. The fourth-order valence-corrected chi connectivity index (χ4v) is 6.06. The molecule has 4 saturated carbocycles. The number of unbranched alkanes of at least 4 members (excludes halogenated alkanes) is 1. The summed E-state index contributed by atoms with van der Waals surface area (Å²) in [6, 6.07) is 7.29. The third kappa shape index (κ3) is 4.29. The van der Waals surface area contributed by atoms with Crippen molar-refractivity contribution in [3.05, 3.63) is 29.8 Å². The second kappa shape index (κ2) is 7.78. The van der Waals surface area contributed by atoms with Gasteiger partial charge in [-0.05, 0) is 99.2 Å². The molecule has 0 aromatic heterocycles. The molecule has 0 saturated heterocycles. The Kier molecular flexibility index (Phi) is 5.40. The van der Waals surface area contributed by atoms with Crippen molar-refractivity contribution < 1.29 is 9.53 Å². The molecule has 0 unspecified atom stereocenters. The smallest absolute Gasteiger partial charge is 0.257 e. The van der Waals surface area contributed by atoms with Crippen LogP contribution in [0.5, 0.6) is 5.75 Å². The van der Waals surface area contributed by atoms with Gasteiger partial charge in [-0.1, -0.05) is 13.3 Å². The Morgan fingerprint density at radius 1 is 1.11 bits per heavy atom. The summed E-state index contributed by atoms with van der Waals surface area (Å²) in [4.78, 5) is 12.5. The molecule has 4 aliphatic rings. The largest absolute Gasteiger partial charge is 0.494 e. The van der Waals surface area contributed by atoms with Crippen molar-refractivity contribution in [1.29, 1.82) is 0 Å². The van der Waals surface area contributed by atoms with Crippen LogP contribution in [0.25, 0.3) is 0 Å². The predicted molar refractivity (Wildman–Crippen MR) is 111 cm³/mol. The molecule has 146 valence electrons. The molecule has 4 aliphatic carbocycles. The summed E-state index contributed by atoms with van der Waals surface area (Å²) < 4.78 is 5.65. The van der Waals surface area contributed by atoms with Gasteiger partial charge in [-0.3, -0.25) is 10.1 Å². The Balaban J connectivity index is 1.31. The quantitative estimate of drug-likeness (QED) is 0.561. The first-order valence-corrected chi connectivity index (χ1v) is 10.8. The lowest BCUT2D eigenvalue weighted by Crippen LogP contribution is -2.61. The van der Waals surface area contributed by atoms with Gasteiger partial charge in [0.25, 0.3) is 5.91 Å². The zero-order valence-electron chi connectivity index (χ0n) is 16.1. The monoisotopic (exact) mass is 386 g/mol. The van der Waals surface area contributed by atoms with Crippen LogP contribution >= 0.6 is 12.2 Å². The highest BCUT2D eigenvalue weighted by atomic mass is 32.1. The first-order valence-electron chi connectivity index (χ1n) is 10.4. The molecule has 1 aromatic rings. The van der Waals surface area contributed by atoms with Gasteiger partial charge in [0.2, 0.25) is 0 Å². The van der Waals surface area contributed by atoms with Crippen LogP contribution in [-0.4, -0.2) is 23.2 Å². The van der Waals surface area contributed by atoms with Gasteiger partial charge in [0, 0.05) is 11.1 Å². The van der Waals surface area contributed by atoms with Crippen molar-refractivity contribution in [3.63, 3.8) is 0 Å². The minimum absolute atomic E-state index is 0.121. The average Bonchev–Trinajstić information content (AvgIpc) is 2.60. The van der Waals surface area contributed by atoms with Crippen molar-refractivity contribution in [2.75, 3.05) is 6.61 Å². The van der Waals surface area contributed by atoms with Gasteiger partial charge in [0.15, 0.2) is 5.11 Å². The third-order valence-corrected chi connectivity index (χ3v) is 6.73. The number of hydrogen-bond donors (Lipinski definition) is 2. The molecule has 0 heterocycles. The van der Waals surface area contributed by atoms with E-state index in [1.54, 1.807) is 12.1 Å². The first-order chi connectivity index (χ1) is 13.0. The molecule has 0 aliphatic heterocycles. The molecule has 2 N–H and O–H groups in total. The molecule has 4 bridgehead atoms. The minimum atomic E-state index is -0.155. The summed E-state index contributed by atoms with van der Waals surface area (Å²) in [6.45, 7) is 2.85. The Hall–Kier alpha value is -1.62. The van der Waals surface area contributed by atoms with Crippen molar-refractivity contribution in [3.8, 4) is 5.75 Å². The van der Waals surface area contributed by atoms with E-state index in [4.69, 9.17) is 17.0 Å². The van der Waals surface area contributed by atoms with E-state index in [-0.39, 0.29) is 11.4 Å². The average molecular weight is 387 g/mol. The number of ether oxygens (including phenoxy) is 1. The summed E-state index contributed by atoms with van der Waals surface area (Å²) in [5, 5.41) is 6.91. The van der Waals surface area contributed by atoms with Crippen LogP contribution in [0.4, 0.5) is 0 Å². The highest BCUT2D eigenvalue weighted by Gasteiger charge is 2.51. The van der Waals surface area contributed by atoms with Crippen LogP contribution in [0.1, 0.15) is 68.6 Å². The van der Waals surface area contributed by atoms with Crippen LogP contribution < -0.4 is 15.4 Å². The lowest BCUT2D eigenvalue weighted by molar-refractivity contribution is -0.0101. The van der Waals surface area contributed by atoms with E-state index < -0.39 is 0 Å². The summed E-state index contributed by atoms with van der Waals surface area (Å²) >= 11 is 5.49.